The molecule has 2 rings (SSSR count). The predicted octanol–water partition coefficient (Wildman–Crippen LogP) is 0.774. The smallest absolute Gasteiger partial charge is 0.387 e. The number of alkyl halides is 2. The number of halogens is 2. The Morgan fingerprint density at radius 1 is 1.41 bits per heavy atom. The molecule has 1 aliphatic rings. The van der Waals surface area contributed by atoms with E-state index < -0.39 is 18.6 Å². The van der Waals surface area contributed by atoms with Crippen molar-refractivity contribution in [3.8, 4) is 5.75 Å². The van der Waals surface area contributed by atoms with Gasteiger partial charge < -0.3 is 10.5 Å². The minimum atomic E-state index is -2.96. The zero-order valence-electron chi connectivity index (χ0n) is 8.56. The largest absolute Gasteiger partial charge is 0.434 e. The monoisotopic (exact) mass is 241 g/mol. The fourth-order valence-electron chi connectivity index (χ4n) is 1.55. The summed E-state index contributed by atoms with van der Waals surface area (Å²) in [5.74, 6) is -0.583. The lowest BCUT2D eigenvalue weighted by Gasteiger charge is -2.12. The number of guanidine groups is 1. The maximum atomic E-state index is 12.2. The highest BCUT2D eigenvalue weighted by atomic mass is 19.3. The molecule has 90 valence electrons. The van der Waals surface area contributed by atoms with Crippen LogP contribution in [0.5, 0.6) is 5.75 Å². The molecule has 0 aromatic heterocycles. The third kappa shape index (κ3) is 2.32. The maximum absolute atomic E-state index is 12.2. The highest BCUT2D eigenvalue weighted by Gasteiger charge is 2.29. The van der Waals surface area contributed by atoms with Gasteiger partial charge in [0.2, 0.25) is 0 Å². The molecule has 0 saturated heterocycles. The van der Waals surface area contributed by atoms with Gasteiger partial charge in [-0.15, -0.1) is 0 Å². The molecule has 1 aromatic rings. The van der Waals surface area contributed by atoms with E-state index in [1.165, 1.54) is 18.2 Å². The lowest BCUT2D eigenvalue weighted by molar-refractivity contribution is -0.120. The first kappa shape index (κ1) is 11.3. The zero-order valence-corrected chi connectivity index (χ0v) is 8.56. The molecule has 1 atom stereocenters. The number of carbonyl (C=O) groups excluding carboxylic acids is 1. The van der Waals surface area contributed by atoms with Gasteiger partial charge >= 0.3 is 6.61 Å². The van der Waals surface area contributed by atoms with Gasteiger partial charge in [0.05, 0.1) is 0 Å². The summed E-state index contributed by atoms with van der Waals surface area (Å²) in [7, 11) is 0. The molecule has 1 aliphatic heterocycles. The molecule has 0 aliphatic carbocycles. The van der Waals surface area contributed by atoms with Gasteiger partial charge in [-0.1, -0.05) is 18.2 Å². The number of aliphatic imine (C=N–C) groups is 1. The Morgan fingerprint density at radius 2 is 2.12 bits per heavy atom. The first-order chi connectivity index (χ1) is 8.08. The number of benzene rings is 1. The van der Waals surface area contributed by atoms with Gasteiger partial charge in [-0.2, -0.15) is 8.78 Å². The van der Waals surface area contributed by atoms with Crippen molar-refractivity contribution >= 4 is 11.9 Å². The Balaban J connectivity index is 2.35. The van der Waals surface area contributed by atoms with Crippen LogP contribution in [0.15, 0.2) is 29.3 Å². The normalized spacial score (nSPS) is 19.1. The Hall–Kier alpha value is -2.18. The Kier molecular flexibility index (Phi) is 2.90. The molecule has 0 radical (unpaired) electrons. The third-order valence-electron chi connectivity index (χ3n) is 2.20. The Bertz CT molecular complexity index is 476. The fraction of sp³-hybridized carbons (Fsp3) is 0.200. The van der Waals surface area contributed by atoms with Crippen LogP contribution >= 0.6 is 0 Å². The Labute approximate surface area is 95.3 Å². The van der Waals surface area contributed by atoms with Crippen LogP contribution in [0, 0.1) is 0 Å². The minimum Gasteiger partial charge on any atom is -0.434 e. The maximum Gasteiger partial charge on any atom is 0.387 e. The van der Waals surface area contributed by atoms with Crippen LogP contribution in [0.3, 0.4) is 0 Å². The van der Waals surface area contributed by atoms with Crippen LogP contribution in [0.25, 0.3) is 0 Å². The van der Waals surface area contributed by atoms with Crippen LogP contribution in [-0.4, -0.2) is 18.5 Å². The molecular weight excluding hydrogens is 232 g/mol. The summed E-state index contributed by atoms with van der Waals surface area (Å²) in [4.78, 5) is 15.3. The van der Waals surface area contributed by atoms with E-state index in [1.54, 1.807) is 6.07 Å². The lowest BCUT2D eigenvalue weighted by atomic mass is 10.1. The van der Waals surface area contributed by atoms with Gasteiger partial charge in [0.25, 0.3) is 5.91 Å². The number of carbonyl (C=O) groups is 1. The molecule has 1 aromatic carbocycles. The molecule has 1 amide bonds. The van der Waals surface area contributed by atoms with E-state index in [1.807, 2.05) is 0 Å². The van der Waals surface area contributed by atoms with Gasteiger partial charge in [-0.3, -0.25) is 10.1 Å². The van der Waals surface area contributed by atoms with Crippen molar-refractivity contribution in [2.75, 3.05) is 0 Å². The van der Waals surface area contributed by atoms with Crippen molar-refractivity contribution in [3.05, 3.63) is 29.8 Å². The molecular formula is C10H9F2N3O2. The van der Waals surface area contributed by atoms with Gasteiger partial charge in [0.1, 0.15) is 5.75 Å². The van der Waals surface area contributed by atoms with Crippen LogP contribution in [0.2, 0.25) is 0 Å². The molecule has 0 bridgehead atoms. The summed E-state index contributed by atoms with van der Waals surface area (Å²) in [6.45, 7) is -2.96. The van der Waals surface area contributed by atoms with Crippen LogP contribution in [0.1, 0.15) is 11.6 Å². The summed E-state index contributed by atoms with van der Waals surface area (Å²) in [5.41, 5.74) is 5.59. The molecule has 3 N–H and O–H groups in total. The van der Waals surface area contributed by atoms with Crippen molar-refractivity contribution in [3.63, 3.8) is 0 Å². The average molecular weight is 241 g/mol. The average Bonchev–Trinajstić information content (AvgIpc) is 2.58. The zero-order chi connectivity index (χ0) is 12.4. The summed E-state index contributed by atoms with van der Waals surface area (Å²) in [6.07, 6.45) is 0. The molecule has 0 saturated carbocycles. The van der Waals surface area contributed by atoms with Gasteiger partial charge in [0, 0.05) is 5.56 Å². The SMILES string of the molecule is NC1=NC(c2ccccc2OC(F)F)C(=O)N1. The third-order valence-corrected chi connectivity index (χ3v) is 2.20. The lowest BCUT2D eigenvalue weighted by Crippen LogP contribution is -2.31. The molecule has 0 fully saturated rings. The van der Waals surface area contributed by atoms with Crippen molar-refractivity contribution in [1.82, 2.24) is 5.32 Å². The van der Waals surface area contributed by atoms with E-state index in [2.05, 4.69) is 15.0 Å². The van der Waals surface area contributed by atoms with Crippen LogP contribution in [-0.2, 0) is 4.79 Å². The summed E-state index contributed by atoms with van der Waals surface area (Å²) >= 11 is 0. The first-order valence-corrected chi connectivity index (χ1v) is 4.76. The van der Waals surface area contributed by atoms with Gasteiger partial charge in [-0.05, 0) is 6.07 Å². The number of nitrogens with two attached hydrogens (primary N) is 1. The molecule has 1 heterocycles. The van der Waals surface area contributed by atoms with Gasteiger partial charge in [-0.25, -0.2) is 4.99 Å². The van der Waals surface area contributed by atoms with E-state index in [0.29, 0.717) is 0 Å². The minimum absolute atomic E-state index is 0.0353. The quantitative estimate of drug-likeness (QED) is 0.820. The van der Waals surface area contributed by atoms with Crippen molar-refractivity contribution in [2.45, 2.75) is 12.7 Å². The number of nitrogens with one attached hydrogen (secondary N) is 1. The summed E-state index contributed by atoms with van der Waals surface area (Å²) in [5, 5.41) is 2.29. The van der Waals surface area contributed by atoms with E-state index >= 15 is 0 Å². The van der Waals surface area contributed by atoms with Crippen LogP contribution < -0.4 is 15.8 Å². The number of nitrogens with zero attached hydrogens (tertiary/aromatic N) is 1. The molecule has 0 spiro atoms. The van der Waals surface area contributed by atoms with Crippen LogP contribution in [0.4, 0.5) is 8.78 Å². The number of hydrogen-bond donors (Lipinski definition) is 2. The highest BCUT2D eigenvalue weighted by Crippen LogP contribution is 2.30. The van der Waals surface area contributed by atoms with Crippen molar-refractivity contribution in [1.29, 1.82) is 0 Å². The standard InChI is InChI=1S/C10H9F2N3O2/c11-9(12)17-6-4-2-1-3-5(6)7-8(16)15-10(13)14-7/h1-4,7,9H,(H3,13,14,15,16). The molecule has 17 heavy (non-hydrogen) atoms. The summed E-state index contributed by atoms with van der Waals surface area (Å²) in [6, 6.07) is 5.03. The predicted molar refractivity (Wildman–Crippen MR) is 55.6 cm³/mol. The topological polar surface area (TPSA) is 76.7 Å². The molecule has 5 nitrogen and oxygen atoms in total. The number of rotatable bonds is 3. The van der Waals surface area contributed by atoms with E-state index in [0.717, 1.165) is 0 Å². The van der Waals surface area contributed by atoms with Crippen molar-refractivity contribution in [2.24, 2.45) is 10.7 Å². The second-order valence-electron chi connectivity index (χ2n) is 3.32. The number of amides is 1. The second kappa shape index (κ2) is 4.36. The second-order valence-corrected chi connectivity index (χ2v) is 3.32. The molecule has 1 unspecified atom stereocenters. The number of hydrogen-bond acceptors (Lipinski definition) is 4. The first-order valence-electron chi connectivity index (χ1n) is 4.76. The number of para-hydroxylation sites is 1. The van der Waals surface area contributed by atoms with Gasteiger partial charge in [0.15, 0.2) is 12.0 Å². The number of ether oxygens (including phenoxy) is 1. The summed E-state index contributed by atoms with van der Waals surface area (Å²) < 4.78 is 28.7. The Morgan fingerprint density at radius 3 is 2.71 bits per heavy atom. The van der Waals surface area contributed by atoms with E-state index in [4.69, 9.17) is 5.73 Å². The van der Waals surface area contributed by atoms with E-state index in [-0.39, 0.29) is 17.3 Å². The van der Waals surface area contributed by atoms with E-state index in [9.17, 15) is 13.6 Å². The van der Waals surface area contributed by atoms with Crippen molar-refractivity contribution < 1.29 is 18.3 Å². The highest BCUT2D eigenvalue weighted by molar-refractivity contribution is 6.04. The molecule has 7 heteroatoms. The fourth-order valence-corrected chi connectivity index (χ4v) is 1.55.